The Hall–Kier alpha value is -2.62. The van der Waals surface area contributed by atoms with E-state index in [-0.39, 0.29) is 28.9 Å². The van der Waals surface area contributed by atoms with Gasteiger partial charge in [0.25, 0.3) is 5.91 Å². The highest BCUT2D eigenvalue weighted by Crippen LogP contribution is 2.34. The molecule has 7 nitrogen and oxygen atoms in total. The Bertz CT molecular complexity index is 1080. The van der Waals surface area contributed by atoms with E-state index in [0.717, 1.165) is 37.2 Å². The van der Waals surface area contributed by atoms with Crippen LogP contribution in [0.3, 0.4) is 0 Å². The van der Waals surface area contributed by atoms with Gasteiger partial charge in [-0.3, -0.25) is 10.2 Å². The van der Waals surface area contributed by atoms with Crippen LogP contribution in [-0.2, 0) is 6.54 Å². The number of halogens is 2. The van der Waals surface area contributed by atoms with Crippen molar-refractivity contribution in [2.45, 2.75) is 51.7 Å². The molecule has 0 aromatic heterocycles. The number of carbonyl (C=O) groups is 1. The molecule has 2 fully saturated rings. The van der Waals surface area contributed by atoms with Crippen LogP contribution in [0.2, 0.25) is 5.02 Å². The Balaban J connectivity index is 1.57. The number of piperazine rings is 1. The van der Waals surface area contributed by atoms with Gasteiger partial charge < -0.3 is 20.4 Å². The molecule has 0 saturated carbocycles. The highest BCUT2D eigenvalue weighted by Gasteiger charge is 2.34. The molecule has 0 unspecified atom stereocenters. The summed E-state index contributed by atoms with van der Waals surface area (Å²) in [5.74, 6) is -0.313. The zero-order chi connectivity index (χ0) is 25.8. The maximum atomic E-state index is 15.5. The Kier molecular flexibility index (Phi) is 8.54. The molecule has 0 aliphatic carbocycles. The van der Waals surface area contributed by atoms with Crippen molar-refractivity contribution in [3.63, 3.8) is 0 Å². The monoisotopic (exact) mass is 532 g/mol. The van der Waals surface area contributed by atoms with Gasteiger partial charge >= 0.3 is 0 Å². The van der Waals surface area contributed by atoms with Crippen LogP contribution in [0.15, 0.2) is 36.4 Å². The van der Waals surface area contributed by atoms with Crippen LogP contribution < -0.4 is 26.4 Å². The van der Waals surface area contributed by atoms with Gasteiger partial charge in [-0.1, -0.05) is 11.6 Å². The molecular formula is C26H34ClFN6OS. The number of benzene rings is 2. The van der Waals surface area contributed by atoms with E-state index in [0.29, 0.717) is 35.9 Å². The summed E-state index contributed by atoms with van der Waals surface area (Å²) in [6, 6.07) is 10.3. The quantitative estimate of drug-likeness (QED) is 0.383. The van der Waals surface area contributed by atoms with Gasteiger partial charge in [0.1, 0.15) is 5.82 Å². The number of amides is 1. The summed E-state index contributed by atoms with van der Waals surface area (Å²) in [5.41, 5.74) is 14.3. The van der Waals surface area contributed by atoms with E-state index in [9.17, 15) is 4.79 Å². The van der Waals surface area contributed by atoms with E-state index >= 15 is 4.39 Å². The maximum Gasteiger partial charge on any atom is 0.254 e. The number of nitrogens with two attached hydrogens (primary N) is 1. The summed E-state index contributed by atoms with van der Waals surface area (Å²) < 4.78 is 15.5. The lowest BCUT2D eigenvalue weighted by atomic mass is 10.0. The molecule has 0 spiro atoms. The van der Waals surface area contributed by atoms with Gasteiger partial charge in [-0.2, -0.15) is 0 Å². The molecule has 4 rings (SSSR count). The number of piperidine rings is 1. The van der Waals surface area contributed by atoms with Crippen LogP contribution in [0.25, 0.3) is 0 Å². The first-order valence-corrected chi connectivity index (χ1v) is 13.2. The Morgan fingerprint density at radius 1 is 1.06 bits per heavy atom. The number of hydrogen-bond acceptors (Lipinski definition) is 5. The van der Waals surface area contributed by atoms with E-state index in [1.54, 1.807) is 30.3 Å². The Morgan fingerprint density at radius 3 is 2.31 bits per heavy atom. The molecule has 2 saturated heterocycles. The molecule has 2 atom stereocenters. The second kappa shape index (κ2) is 11.6. The van der Waals surface area contributed by atoms with Crippen LogP contribution in [0, 0.1) is 5.82 Å². The average molecular weight is 533 g/mol. The molecule has 0 radical (unpaired) electrons. The molecule has 4 N–H and O–H groups in total. The smallest absolute Gasteiger partial charge is 0.254 e. The van der Waals surface area contributed by atoms with Crippen molar-refractivity contribution in [3.05, 3.63) is 58.4 Å². The Morgan fingerprint density at radius 2 is 1.69 bits per heavy atom. The van der Waals surface area contributed by atoms with Crippen LogP contribution >= 0.6 is 23.8 Å². The third-order valence-electron chi connectivity index (χ3n) is 6.92. The topological polar surface area (TPSA) is 76.9 Å². The fraction of sp³-hybridized carbons (Fsp3) is 0.462. The van der Waals surface area contributed by atoms with Crippen molar-refractivity contribution in [2.24, 2.45) is 5.73 Å². The summed E-state index contributed by atoms with van der Waals surface area (Å²) in [4.78, 5) is 19.5. The van der Waals surface area contributed by atoms with E-state index < -0.39 is 0 Å². The van der Waals surface area contributed by atoms with Crippen molar-refractivity contribution in [1.82, 2.24) is 15.8 Å². The minimum absolute atomic E-state index is 0.0347. The van der Waals surface area contributed by atoms with Gasteiger partial charge in [0.15, 0.2) is 5.11 Å². The zero-order valence-corrected chi connectivity index (χ0v) is 22.3. The first-order chi connectivity index (χ1) is 17.2. The molecule has 2 aliphatic rings. The van der Waals surface area contributed by atoms with Crippen molar-refractivity contribution in [1.29, 1.82) is 0 Å². The number of thiocarbonyl (C=S) groups is 1. The van der Waals surface area contributed by atoms with Gasteiger partial charge in [-0.15, -0.1) is 0 Å². The van der Waals surface area contributed by atoms with Crippen molar-refractivity contribution in [2.75, 3.05) is 36.0 Å². The van der Waals surface area contributed by atoms with Crippen molar-refractivity contribution < 1.29 is 9.18 Å². The first-order valence-electron chi connectivity index (χ1n) is 12.4. The number of nitrogens with one attached hydrogen (secondary N) is 2. The maximum absolute atomic E-state index is 15.5. The SMILES string of the molecule is C[C@@H]1CN(c2cc(N3CCCCC3)c(CNNC(N)=S)cc2F)C[C@H](C)N1C(=O)c1ccc(Cl)cc1. The van der Waals surface area contributed by atoms with E-state index in [1.165, 1.54) is 6.42 Å². The first kappa shape index (κ1) is 26.4. The van der Waals surface area contributed by atoms with Gasteiger partial charge in [-0.05, 0) is 87.3 Å². The average Bonchev–Trinajstić information content (AvgIpc) is 2.84. The van der Waals surface area contributed by atoms with Crippen LogP contribution in [0.4, 0.5) is 15.8 Å². The minimum Gasteiger partial charge on any atom is -0.375 e. The summed E-state index contributed by atoms with van der Waals surface area (Å²) in [7, 11) is 0. The normalized spacial score (nSPS) is 20.4. The second-order valence-corrected chi connectivity index (χ2v) is 10.5. The zero-order valence-electron chi connectivity index (χ0n) is 20.8. The highest BCUT2D eigenvalue weighted by atomic mass is 35.5. The summed E-state index contributed by atoms with van der Waals surface area (Å²) in [6.45, 7) is 7.38. The van der Waals surface area contributed by atoms with Gasteiger partial charge in [0.2, 0.25) is 0 Å². The summed E-state index contributed by atoms with van der Waals surface area (Å²) in [5, 5.41) is 0.734. The second-order valence-electron chi connectivity index (χ2n) is 9.65. The summed E-state index contributed by atoms with van der Waals surface area (Å²) in [6.07, 6.45) is 3.44. The van der Waals surface area contributed by atoms with Crippen LogP contribution in [0.5, 0.6) is 0 Å². The fourth-order valence-electron chi connectivity index (χ4n) is 5.29. The molecule has 2 aromatic carbocycles. The largest absolute Gasteiger partial charge is 0.375 e. The molecular weight excluding hydrogens is 499 g/mol. The van der Waals surface area contributed by atoms with E-state index in [1.807, 2.05) is 24.8 Å². The molecule has 0 bridgehead atoms. The molecule has 194 valence electrons. The number of hydrazine groups is 1. The minimum atomic E-state index is -0.278. The lowest BCUT2D eigenvalue weighted by molar-refractivity contribution is 0.0574. The lowest BCUT2D eigenvalue weighted by Crippen LogP contribution is -2.59. The molecule has 2 aliphatic heterocycles. The fourth-order valence-corrected chi connectivity index (χ4v) is 5.49. The molecule has 2 aromatic rings. The Labute approximate surface area is 222 Å². The standard InChI is InChI=1S/C26H34ClFN6OS/c1-17-15-33(16-18(2)34(17)25(35)19-6-8-21(27)9-7-19)24-13-23(32-10-4-3-5-11-32)20(12-22(24)28)14-30-31-26(29)36/h6-9,12-13,17-18,30H,3-5,10-11,14-16H2,1-2H3,(H3,29,31,36)/t17-,18+. The van der Waals surface area contributed by atoms with Crippen molar-refractivity contribution >= 4 is 46.2 Å². The van der Waals surface area contributed by atoms with Gasteiger partial charge in [-0.25, -0.2) is 9.82 Å². The van der Waals surface area contributed by atoms with E-state index in [2.05, 4.69) is 20.7 Å². The van der Waals surface area contributed by atoms with E-state index in [4.69, 9.17) is 29.6 Å². The number of hydrogen-bond donors (Lipinski definition) is 3. The van der Waals surface area contributed by atoms with Crippen LogP contribution in [-0.4, -0.2) is 54.2 Å². The predicted octanol–water partition coefficient (Wildman–Crippen LogP) is 4.05. The van der Waals surface area contributed by atoms with Gasteiger partial charge in [0.05, 0.1) is 5.69 Å². The molecule has 2 heterocycles. The number of rotatable bonds is 6. The van der Waals surface area contributed by atoms with Gasteiger partial charge in [0, 0.05) is 61.1 Å². The lowest BCUT2D eigenvalue weighted by Gasteiger charge is -2.45. The highest BCUT2D eigenvalue weighted by molar-refractivity contribution is 7.80. The summed E-state index contributed by atoms with van der Waals surface area (Å²) >= 11 is 10.9. The van der Waals surface area contributed by atoms with Crippen molar-refractivity contribution in [3.8, 4) is 0 Å². The molecule has 36 heavy (non-hydrogen) atoms. The number of anilines is 2. The predicted molar refractivity (Wildman–Crippen MR) is 148 cm³/mol. The third-order valence-corrected chi connectivity index (χ3v) is 7.27. The molecule has 1 amide bonds. The molecule has 10 heteroatoms. The number of nitrogens with zero attached hydrogens (tertiary/aromatic N) is 3. The third kappa shape index (κ3) is 6.02. The van der Waals surface area contributed by atoms with Crippen LogP contribution in [0.1, 0.15) is 49.0 Å². The number of carbonyl (C=O) groups excluding carboxylic acids is 1.